The van der Waals surface area contributed by atoms with Gasteiger partial charge in [0.15, 0.2) is 0 Å². The number of unbranched alkanes of at least 4 members (excludes halogenated alkanes) is 1. The Morgan fingerprint density at radius 3 is 2.22 bits per heavy atom. The van der Waals surface area contributed by atoms with Crippen LogP contribution in [0.2, 0.25) is 0 Å². The fraction of sp³-hybridized carbons (Fsp3) is 0.300. The van der Waals surface area contributed by atoms with Crippen LogP contribution in [0.3, 0.4) is 0 Å². The number of halogens is 1. The molecular weight excluding hydrogens is 308 g/mol. The maximum atomic E-state index is 9.39. The summed E-state index contributed by atoms with van der Waals surface area (Å²) >= 11 is 5.54. The molecule has 2 nitrogen and oxygen atoms in total. The molecule has 3 heteroatoms. The quantitative estimate of drug-likeness (QED) is 0.445. The maximum absolute atomic E-state index is 9.39. The Labute approximate surface area is 143 Å². The lowest BCUT2D eigenvalue weighted by atomic mass is 10.0. The highest BCUT2D eigenvalue weighted by molar-refractivity contribution is 6.18. The standard InChI is InChI=1S/C20H21ClO2/c1-2-3-4-5-16-6-8-17(9-7-16)18-10-12-20(13-11-18)23-15-19(22)14-21/h1,6-13,19,22H,3-5,14-15H2. The zero-order valence-corrected chi connectivity index (χ0v) is 13.8. The van der Waals surface area contributed by atoms with Crippen LogP contribution in [0, 0.1) is 12.3 Å². The Morgan fingerprint density at radius 1 is 1.04 bits per heavy atom. The minimum atomic E-state index is -0.640. The van der Waals surface area contributed by atoms with Crippen molar-refractivity contribution in [3.63, 3.8) is 0 Å². The first-order chi connectivity index (χ1) is 11.2. The first-order valence-electron chi connectivity index (χ1n) is 7.72. The number of alkyl halides is 1. The van der Waals surface area contributed by atoms with Crippen molar-refractivity contribution < 1.29 is 9.84 Å². The molecule has 0 saturated heterocycles. The van der Waals surface area contributed by atoms with E-state index in [9.17, 15) is 5.11 Å². The number of rotatable bonds is 8. The van der Waals surface area contributed by atoms with Crippen LogP contribution < -0.4 is 4.74 Å². The van der Waals surface area contributed by atoms with Crippen LogP contribution in [-0.2, 0) is 6.42 Å². The summed E-state index contributed by atoms with van der Waals surface area (Å²) in [4.78, 5) is 0. The topological polar surface area (TPSA) is 29.5 Å². The van der Waals surface area contributed by atoms with E-state index in [1.54, 1.807) is 0 Å². The highest BCUT2D eigenvalue weighted by Crippen LogP contribution is 2.23. The lowest BCUT2D eigenvalue weighted by Crippen LogP contribution is -2.18. The monoisotopic (exact) mass is 328 g/mol. The Morgan fingerprint density at radius 2 is 1.65 bits per heavy atom. The zero-order chi connectivity index (χ0) is 16.5. The predicted octanol–water partition coefficient (Wildman–Crippen LogP) is 4.29. The molecule has 1 N–H and O–H groups in total. The van der Waals surface area contributed by atoms with Gasteiger partial charge < -0.3 is 9.84 Å². The van der Waals surface area contributed by atoms with E-state index in [-0.39, 0.29) is 12.5 Å². The second-order valence-corrected chi connectivity index (χ2v) is 5.71. The number of aliphatic hydroxyl groups is 1. The van der Waals surface area contributed by atoms with Gasteiger partial charge in [-0.05, 0) is 41.7 Å². The summed E-state index contributed by atoms with van der Waals surface area (Å²) in [7, 11) is 0. The minimum absolute atomic E-state index is 0.172. The van der Waals surface area contributed by atoms with Crippen molar-refractivity contribution >= 4 is 11.6 Å². The van der Waals surface area contributed by atoms with Crippen molar-refractivity contribution in [3.05, 3.63) is 54.1 Å². The smallest absolute Gasteiger partial charge is 0.119 e. The molecule has 0 aliphatic rings. The number of terminal acetylenes is 1. The molecule has 0 heterocycles. The van der Waals surface area contributed by atoms with Crippen LogP contribution in [0.25, 0.3) is 11.1 Å². The number of aliphatic hydroxyl groups excluding tert-OH is 1. The molecule has 0 saturated carbocycles. The Kier molecular flexibility index (Phi) is 7.00. The van der Waals surface area contributed by atoms with Crippen molar-refractivity contribution in [2.45, 2.75) is 25.4 Å². The summed E-state index contributed by atoms with van der Waals surface area (Å²) in [5.74, 6) is 3.56. The average Bonchev–Trinajstić information content (AvgIpc) is 2.61. The predicted molar refractivity (Wildman–Crippen MR) is 95.9 cm³/mol. The van der Waals surface area contributed by atoms with Gasteiger partial charge >= 0.3 is 0 Å². The van der Waals surface area contributed by atoms with E-state index in [1.165, 1.54) is 5.56 Å². The second kappa shape index (κ2) is 9.25. The molecule has 1 unspecified atom stereocenters. The van der Waals surface area contributed by atoms with E-state index in [1.807, 2.05) is 24.3 Å². The van der Waals surface area contributed by atoms with Crippen molar-refractivity contribution in [3.8, 4) is 29.2 Å². The third-order valence-electron chi connectivity index (χ3n) is 3.55. The molecule has 0 aliphatic carbocycles. The molecule has 0 amide bonds. The van der Waals surface area contributed by atoms with Gasteiger partial charge in [-0.15, -0.1) is 23.9 Å². The molecule has 0 fully saturated rings. The Balaban J connectivity index is 1.95. The SMILES string of the molecule is C#CCCCc1ccc(-c2ccc(OCC(O)CCl)cc2)cc1. The minimum Gasteiger partial charge on any atom is -0.491 e. The largest absolute Gasteiger partial charge is 0.491 e. The third kappa shape index (κ3) is 5.63. The van der Waals surface area contributed by atoms with Gasteiger partial charge in [-0.3, -0.25) is 0 Å². The van der Waals surface area contributed by atoms with E-state index in [0.717, 1.165) is 36.1 Å². The average molecular weight is 329 g/mol. The molecule has 1 atom stereocenters. The lowest BCUT2D eigenvalue weighted by molar-refractivity contribution is 0.125. The van der Waals surface area contributed by atoms with E-state index in [2.05, 4.69) is 30.2 Å². The van der Waals surface area contributed by atoms with Crippen molar-refractivity contribution in [2.75, 3.05) is 12.5 Å². The zero-order valence-electron chi connectivity index (χ0n) is 13.0. The van der Waals surface area contributed by atoms with Crippen molar-refractivity contribution in [2.24, 2.45) is 0 Å². The van der Waals surface area contributed by atoms with Gasteiger partial charge in [0.1, 0.15) is 18.5 Å². The van der Waals surface area contributed by atoms with E-state index < -0.39 is 6.10 Å². The van der Waals surface area contributed by atoms with E-state index in [4.69, 9.17) is 22.8 Å². The van der Waals surface area contributed by atoms with Crippen LogP contribution in [0.15, 0.2) is 48.5 Å². The van der Waals surface area contributed by atoms with Crippen LogP contribution in [-0.4, -0.2) is 23.7 Å². The summed E-state index contributed by atoms with van der Waals surface area (Å²) in [5, 5.41) is 9.39. The molecule has 120 valence electrons. The first kappa shape index (κ1) is 17.4. The van der Waals surface area contributed by atoms with Gasteiger partial charge in [-0.1, -0.05) is 36.4 Å². The fourth-order valence-corrected chi connectivity index (χ4v) is 2.33. The molecule has 0 aliphatic heterocycles. The summed E-state index contributed by atoms with van der Waals surface area (Å²) in [6, 6.07) is 16.4. The van der Waals surface area contributed by atoms with Crippen molar-refractivity contribution in [1.29, 1.82) is 0 Å². The van der Waals surface area contributed by atoms with E-state index in [0.29, 0.717) is 0 Å². The van der Waals surface area contributed by atoms with Gasteiger partial charge in [0.25, 0.3) is 0 Å². The molecule has 0 aromatic heterocycles. The number of ether oxygens (including phenoxy) is 1. The number of benzene rings is 2. The molecule has 2 aromatic carbocycles. The van der Waals surface area contributed by atoms with Gasteiger partial charge in [0, 0.05) is 6.42 Å². The lowest BCUT2D eigenvalue weighted by Gasteiger charge is -2.10. The fourth-order valence-electron chi connectivity index (χ4n) is 2.24. The van der Waals surface area contributed by atoms with Crippen LogP contribution >= 0.6 is 11.6 Å². The third-order valence-corrected chi connectivity index (χ3v) is 3.90. The number of aryl methyl sites for hydroxylation is 1. The van der Waals surface area contributed by atoms with Gasteiger partial charge in [0.2, 0.25) is 0 Å². The van der Waals surface area contributed by atoms with Crippen LogP contribution in [0.4, 0.5) is 0 Å². The highest BCUT2D eigenvalue weighted by Gasteiger charge is 2.04. The van der Waals surface area contributed by atoms with Gasteiger partial charge in [0.05, 0.1) is 5.88 Å². The molecule has 23 heavy (non-hydrogen) atoms. The molecular formula is C20H21ClO2. The highest BCUT2D eigenvalue weighted by atomic mass is 35.5. The maximum Gasteiger partial charge on any atom is 0.119 e. The summed E-state index contributed by atoms with van der Waals surface area (Å²) < 4.78 is 5.47. The molecule has 2 rings (SSSR count). The summed E-state index contributed by atoms with van der Waals surface area (Å²) in [6.45, 7) is 0.204. The molecule has 2 aromatic rings. The number of hydrogen-bond donors (Lipinski definition) is 1. The van der Waals surface area contributed by atoms with E-state index >= 15 is 0 Å². The Hall–Kier alpha value is -1.95. The normalized spacial score (nSPS) is 11.7. The Bertz CT molecular complexity index is 626. The summed E-state index contributed by atoms with van der Waals surface area (Å²) in [5.41, 5.74) is 3.60. The van der Waals surface area contributed by atoms with Gasteiger partial charge in [-0.25, -0.2) is 0 Å². The van der Waals surface area contributed by atoms with Gasteiger partial charge in [-0.2, -0.15) is 0 Å². The summed E-state index contributed by atoms with van der Waals surface area (Å²) in [6.07, 6.45) is 7.49. The van der Waals surface area contributed by atoms with Crippen LogP contribution in [0.1, 0.15) is 18.4 Å². The molecule has 0 bridgehead atoms. The van der Waals surface area contributed by atoms with Crippen molar-refractivity contribution in [1.82, 2.24) is 0 Å². The first-order valence-corrected chi connectivity index (χ1v) is 8.26. The second-order valence-electron chi connectivity index (χ2n) is 5.40. The molecule has 0 radical (unpaired) electrons. The molecule has 0 spiro atoms. The number of hydrogen-bond acceptors (Lipinski definition) is 2. The van der Waals surface area contributed by atoms with Crippen LogP contribution in [0.5, 0.6) is 5.75 Å².